The number of rotatable bonds is 2. The second-order valence-electron chi connectivity index (χ2n) is 5.92. The minimum atomic E-state index is -0.525. The van der Waals surface area contributed by atoms with E-state index in [1.807, 2.05) is 33.8 Å². The van der Waals surface area contributed by atoms with Crippen molar-refractivity contribution in [2.75, 3.05) is 11.9 Å². The molecule has 0 radical (unpaired) electrons. The van der Waals surface area contributed by atoms with E-state index in [-0.39, 0.29) is 12.5 Å². The topological polar surface area (TPSA) is 76.7 Å². The second-order valence-corrected chi connectivity index (χ2v) is 5.92. The first-order chi connectivity index (χ1) is 9.76. The second kappa shape index (κ2) is 5.63. The first-order valence-corrected chi connectivity index (χ1v) is 6.78. The van der Waals surface area contributed by atoms with Crippen LogP contribution < -0.4 is 15.4 Å². The molecule has 1 heterocycles. The van der Waals surface area contributed by atoms with Gasteiger partial charge in [-0.25, -0.2) is 4.79 Å². The van der Waals surface area contributed by atoms with E-state index in [4.69, 9.17) is 9.47 Å². The number of ether oxygens (including phenoxy) is 2. The zero-order valence-electron chi connectivity index (χ0n) is 12.7. The fourth-order valence-corrected chi connectivity index (χ4v) is 2.01. The van der Waals surface area contributed by atoms with Crippen molar-refractivity contribution < 1.29 is 19.1 Å². The van der Waals surface area contributed by atoms with Gasteiger partial charge in [0.05, 0.1) is 5.69 Å². The highest BCUT2D eigenvalue weighted by Crippen LogP contribution is 2.33. The van der Waals surface area contributed by atoms with Crippen LogP contribution in [-0.4, -0.2) is 24.2 Å². The van der Waals surface area contributed by atoms with E-state index >= 15 is 0 Å². The molecule has 1 aromatic rings. The Hall–Kier alpha value is -2.24. The van der Waals surface area contributed by atoms with Gasteiger partial charge in [-0.3, -0.25) is 4.79 Å². The lowest BCUT2D eigenvalue weighted by molar-refractivity contribution is -0.118. The molecule has 0 aliphatic carbocycles. The molecule has 6 heteroatoms. The van der Waals surface area contributed by atoms with Gasteiger partial charge >= 0.3 is 6.09 Å². The molecule has 0 unspecified atom stereocenters. The molecule has 21 heavy (non-hydrogen) atoms. The molecule has 2 N–H and O–H groups in total. The molecular weight excluding hydrogens is 272 g/mol. The molecule has 1 aliphatic heterocycles. The van der Waals surface area contributed by atoms with Crippen LogP contribution in [0.4, 0.5) is 10.5 Å². The van der Waals surface area contributed by atoms with Crippen LogP contribution >= 0.6 is 0 Å². The Morgan fingerprint density at radius 1 is 1.43 bits per heavy atom. The fraction of sp³-hybridized carbons (Fsp3) is 0.467. The van der Waals surface area contributed by atoms with Gasteiger partial charge in [-0.05, 0) is 44.9 Å². The summed E-state index contributed by atoms with van der Waals surface area (Å²) in [5.41, 5.74) is 1.94. The Bertz CT molecular complexity index is 576. The minimum Gasteiger partial charge on any atom is -0.481 e. The van der Waals surface area contributed by atoms with Crippen LogP contribution in [0.3, 0.4) is 0 Å². The zero-order chi connectivity index (χ0) is 15.6. The Morgan fingerprint density at radius 2 is 2.14 bits per heavy atom. The summed E-state index contributed by atoms with van der Waals surface area (Å²) in [4.78, 5) is 22.9. The van der Waals surface area contributed by atoms with E-state index in [0.29, 0.717) is 18.0 Å². The number of hydrogen-bond donors (Lipinski definition) is 2. The SMILES string of the molecule is Cc1c(CNC(=O)OC(C)(C)C)ccc2c1OCC(=O)N2. The fourth-order valence-electron chi connectivity index (χ4n) is 2.01. The molecular formula is C15H20N2O4. The van der Waals surface area contributed by atoms with E-state index < -0.39 is 11.7 Å². The summed E-state index contributed by atoms with van der Waals surface area (Å²) < 4.78 is 10.6. The van der Waals surface area contributed by atoms with Gasteiger partial charge < -0.3 is 20.1 Å². The number of carbonyl (C=O) groups excluding carboxylic acids is 2. The Morgan fingerprint density at radius 3 is 2.81 bits per heavy atom. The van der Waals surface area contributed by atoms with Crippen LogP contribution in [0.15, 0.2) is 12.1 Å². The summed E-state index contributed by atoms with van der Waals surface area (Å²) in [6.07, 6.45) is -0.464. The number of hydrogen-bond acceptors (Lipinski definition) is 4. The predicted molar refractivity (Wildman–Crippen MR) is 78.4 cm³/mol. The standard InChI is InChI=1S/C15H20N2O4/c1-9-10(7-16-14(19)21-15(2,3)4)5-6-11-13(9)20-8-12(18)17-11/h5-6H,7-8H2,1-4H3,(H,16,19)(H,17,18). The summed E-state index contributed by atoms with van der Waals surface area (Å²) in [7, 11) is 0. The van der Waals surface area contributed by atoms with E-state index in [2.05, 4.69) is 10.6 Å². The smallest absolute Gasteiger partial charge is 0.407 e. The quantitative estimate of drug-likeness (QED) is 0.877. The summed E-state index contributed by atoms with van der Waals surface area (Å²) in [5, 5.41) is 5.46. The van der Waals surface area contributed by atoms with Gasteiger partial charge in [-0.2, -0.15) is 0 Å². The number of anilines is 1. The van der Waals surface area contributed by atoms with E-state index in [1.165, 1.54) is 0 Å². The molecule has 0 aromatic heterocycles. The molecule has 0 fully saturated rings. The van der Waals surface area contributed by atoms with Gasteiger partial charge in [0.25, 0.3) is 5.91 Å². The van der Waals surface area contributed by atoms with Gasteiger partial charge in [0.1, 0.15) is 11.4 Å². The molecule has 1 aromatic carbocycles. The molecule has 2 amide bonds. The van der Waals surface area contributed by atoms with Crippen molar-refractivity contribution >= 4 is 17.7 Å². The van der Waals surface area contributed by atoms with E-state index in [1.54, 1.807) is 6.07 Å². The average molecular weight is 292 g/mol. The van der Waals surface area contributed by atoms with Crippen molar-refractivity contribution in [3.63, 3.8) is 0 Å². The molecule has 0 spiro atoms. The van der Waals surface area contributed by atoms with Gasteiger partial charge in [0, 0.05) is 6.54 Å². The third kappa shape index (κ3) is 3.87. The number of alkyl carbamates (subject to hydrolysis) is 1. The van der Waals surface area contributed by atoms with Crippen LogP contribution in [0.5, 0.6) is 5.75 Å². The maximum atomic E-state index is 11.7. The van der Waals surface area contributed by atoms with Gasteiger partial charge in [-0.1, -0.05) is 6.07 Å². The highest BCUT2D eigenvalue weighted by atomic mass is 16.6. The number of carbonyl (C=O) groups is 2. The van der Waals surface area contributed by atoms with Crippen molar-refractivity contribution in [1.29, 1.82) is 0 Å². The van der Waals surface area contributed by atoms with E-state index in [0.717, 1.165) is 11.1 Å². The molecule has 114 valence electrons. The lowest BCUT2D eigenvalue weighted by Crippen LogP contribution is -2.32. The average Bonchev–Trinajstić information content (AvgIpc) is 2.35. The zero-order valence-corrected chi connectivity index (χ0v) is 12.7. The first-order valence-electron chi connectivity index (χ1n) is 6.78. The Balaban J connectivity index is 2.05. The maximum absolute atomic E-state index is 11.7. The third-order valence-corrected chi connectivity index (χ3v) is 2.96. The monoisotopic (exact) mass is 292 g/mol. The first kappa shape index (κ1) is 15.2. The predicted octanol–water partition coefficient (Wildman–Crippen LogP) is 2.35. The van der Waals surface area contributed by atoms with Crippen LogP contribution in [0.2, 0.25) is 0 Å². The van der Waals surface area contributed by atoms with Gasteiger partial charge in [0.15, 0.2) is 6.61 Å². The summed E-state index contributed by atoms with van der Waals surface area (Å²) in [5.74, 6) is 0.486. The number of amides is 2. The summed E-state index contributed by atoms with van der Waals surface area (Å²) in [6, 6.07) is 3.62. The Kier molecular flexibility index (Phi) is 4.06. The van der Waals surface area contributed by atoms with E-state index in [9.17, 15) is 9.59 Å². The van der Waals surface area contributed by atoms with Crippen LogP contribution in [-0.2, 0) is 16.1 Å². The van der Waals surface area contributed by atoms with Gasteiger partial charge in [0.2, 0.25) is 0 Å². The summed E-state index contributed by atoms with van der Waals surface area (Å²) in [6.45, 7) is 7.68. The van der Waals surface area contributed by atoms with Crippen molar-refractivity contribution in [2.24, 2.45) is 0 Å². The molecule has 1 aliphatic rings. The normalized spacial score (nSPS) is 13.8. The highest BCUT2D eigenvalue weighted by molar-refractivity contribution is 5.95. The van der Waals surface area contributed by atoms with Crippen LogP contribution in [0.25, 0.3) is 0 Å². The highest BCUT2D eigenvalue weighted by Gasteiger charge is 2.20. The Labute approximate surface area is 123 Å². The molecule has 0 bridgehead atoms. The molecule has 6 nitrogen and oxygen atoms in total. The van der Waals surface area contributed by atoms with Crippen molar-refractivity contribution in [2.45, 2.75) is 39.8 Å². The van der Waals surface area contributed by atoms with Crippen molar-refractivity contribution in [1.82, 2.24) is 5.32 Å². The number of nitrogens with one attached hydrogen (secondary N) is 2. The van der Waals surface area contributed by atoms with Crippen LogP contribution in [0, 0.1) is 6.92 Å². The largest absolute Gasteiger partial charge is 0.481 e. The minimum absolute atomic E-state index is 0.0107. The molecule has 2 rings (SSSR count). The molecule has 0 saturated carbocycles. The van der Waals surface area contributed by atoms with Crippen molar-refractivity contribution in [3.8, 4) is 5.75 Å². The van der Waals surface area contributed by atoms with Crippen LogP contribution in [0.1, 0.15) is 31.9 Å². The lowest BCUT2D eigenvalue weighted by atomic mass is 10.1. The molecule has 0 saturated heterocycles. The summed E-state index contributed by atoms with van der Waals surface area (Å²) >= 11 is 0. The van der Waals surface area contributed by atoms with Gasteiger partial charge in [-0.15, -0.1) is 0 Å². The van der Waals surface area contributed by atoms with Crippen molar-refractivity contribution in [3.05, 3.63) is 23.3 Å². The number of fused-ring (bicyclic) bond motifs is 1. The number of benzene rings is 1. The third-order valence-electron chi connectivity index (χ3n) is 2.96. The maximum Gasteiger partial charge on any atom is 0.407 e. The lowest BCUT2D eigenvalue weighted by Gasteiger charge is -2.22. The molecule has 0 atom stereocenters.